The van der Waals surface area contributed by atoms with Gasteiger partial charge in [0.25, 0.3) is 0 Å². The molecule has 1 aromatic rings. The van der Waals surface area contributed by atoms with Crippen molar-refractivity contribution in [1.29, 1.82) is 0 Å². The molecule has 108 valence electrons. The number of hydrogen-bond donors (Lipinski definition) is 0. The van der Waals surface area contributed by atoms with E-state index in [0.717, 1.165) is 19.4 Å². The number of piperidine rings is 1. The molecule has 2 fully saturated rings. The van der Waals surface area contributed by atoms with Gasteiger partial charge < -0.3 is 9.64 Å². The van der Waals surface area contributed by atoms with Crippen molar-refractivity contribution in [3.05, 3.63) is 17.4 Å². The second kappa shape index (κ2) is 5.95. The minimum atomic E-state index is -0.0203. The molecule has 0 spiro atoms. The first kappa shape index (κ1) is 13.6. The van der Waals surface area contributed by atoms with E-state index in [1.165, 1.54) is 25.2 Å². The normalized spacial score (nSPS) is 22.6. The number of amides is 1. The highest BCUT2D eigenvalue weighted by Crippen LogP contribution is 2.33. The van der Waals surface area contributed by atoms with E-state index in [1.807, 2.05) is 4.90 Å². The zero-order chi connectivity index (χ0) is 13.9. The van der Waals surface area contributed by atoms with E-state index in [9.17, 15) is 4.79 Å². The van der Waals surface area contributed by atoms with Crippen LogP contribution < -0.4 is 4.74 Å². The number of carbonyl (C=O) groups is 1. The van der Waals surface area contributed by atoms with E-state index in [1.54, 1.807) is 0 Å². The largest absolute Gasteiger partial charge is 0.458 e. The molecule has 6 heteroatoms. The predicted molar refractivity (Wildman–Crippen MR) is 74.6 cm³/mol. The Bertz CT molecular complexity index is 476. The number of rotatable bonds is 4. The molecule has 0 N–H and O–H groups in total. The summed E-state index contributed by atoms with van der Waals surface area (Å²) in [5.74, 6) is 0.890. The number of hydrogen-bond acceptors (Lipinski definition) is 4. The Labute approximate surface area is 123 Å². The van der Waals surface area contributed by atoms with Crippen molar-refractivity contribution in [2.75, 3.05) is 13.1 Å². The number of nitrogens with zero attached hydrogens (tertiary/aromatic N) is 3. The quantitative estimate of drug-likeness (QED) is 0.855. The summed E-state index contributed by atoms with van der Waals surface area (Å²) in [5, 5.41) is 0.488. The molecule has 3 rings (SSSR count). The third-order valence-electron chi connectivity index (χ3n) is 3.76. The van der Waals surface area contributed by atoms with E-state index in [4.69, 9.17) is 16.3 Å². The van der Waals surface area contributed by atoms with Gasteiger partial charge in [-0.1, -0.05) is 11.6 Å². The standard InChI is InChI=1S/C14H18ClN3O2/c15-11-7-16-14(17-8-11)20-12-2-1-5-18(9-12)13(19)6-10-3-4-10/h7-8,10,12H,1-6,9H2/t12-/m1/s1. The Kier molecular flexibility index (Phi) is 4.05. The van der Waals surface area contributed by atoms with E-state index < -0.39 is 0 Å². The van der Waals surface area contributed by atoms with Crippen molar-refractivity contribution in [3.8, 4) is 6.01 Å². The van der Waals surface area contributed by atoms with Gasteiger partial charge in [0.1, 0.15) is 6.10 Å². The molecule has 0 radical (unpaired) electrons. The third kappa shape index (κ3) is 3.60. The van der Waals surface area contributed by atoms with Crippen molar-refractivity contribution in [3.63, 3.8) is 0 Å². The average Bonchev–Trinajstić information content (AvgIpc) is 3.26. The monoisotopic (exact) mass is 295 g/mol. The molecule has 1 atom stereocenters. The summed E-state index contributed by atoms with van der Waals surface area (Å²) in [4.78, 5) is 22.1. The van der Waals surface area contributed by atoms with Crippen molar-refractivity contribution in [2.24, 2.45) is 5.92 Å². The number of halogens is 1. The molecule has 20 heavy (non-hydrogen) atoms. The Morgan fingerprint density at radius 2 is 2.10 bits per heavy atom. The van der Waals surface area contributed by atoms with Gasteiger partial charge in [0.2, 0.25) is 5.91 Å². The smallest absolute Gasteiger partial charge is 0.316 e. The lowest BCUT2D eigenvalue weighted by Gasteiger charge is -2.32. The van der Waals surface area contributed by atoms with Gasteiger partial charge in [-0.05, 0) is 31.6 Å². The van der Waals surface area contributed by atoms with Gasteiger partial charge in [0.05, 0.1) is 24.0 Å². The lowest BCUT2D eigenvalue weighted by molar-refractivity contribution is -0.134. The molecule has 1 saturated heterocycles. The van der Waals surface area contributed by atoms with Gasteiger partial charge in [-0.25, -0.2) is 9.97 Å². The second-order valence-corrected chi connectivity index (χ2v) is 5.99. The minimum absolute atomic E-state index is 0.0203. The van der Waals surface area contributed by atoms with Crippen LogP contribution in [0, 0.1) is 5.92 Å². The Hall–Kier alpha value is -1.36. The van der Waals surface area contributed by atoms with Crippen molar-refractivity contribution >= 4 is 17.5 Å². The highest BCUT2D eigenvalue weighted by molar-refractivity contribution is 6.30. The maximum Gasteiger partial charge on any atom is 0.316 e. The summed E-state index contributed by atoms with van der Waals surface area (Å²) in [6, 6.07) is 0.330. The van der Waals surface area contributed by atoms with Crippen LogP contribution in [-0.4, -0.2) is 40.0 Å². The molecule has 1 aromatic heterocycles. The van der Waals surface area contributed by atoms with E-state index in [2.05, 4.69) is 9.97 Å². The number of ether oxygens (including phenoxy) is 1. The van der Waals surface area contributed by atoms with Crippen LogP contribution in [0.3, 0.4) is 0 Å². The maximum atomic E-state index is 12.1. The number of aromatic nitrogens is 2. The first-order valence-corrected chi connectivity index (χ1v) is 7.50. The van der Waals surface area contributed by atoms with Gasteiger partial charge in [0.15, 0.2) is 0 Å². The predicted octanol–water partition coefficient (Wildman–Crippen LogP) is 2.30. The van der Waals surface area contributed by atoms with Crippen LogP contribution in [0.4, 0.5) is 0 Å². The summed E-state index contributed by atoms with van der Waals surface area (Å²) in [5.41, 5.74) is 0. The molecular weight excluding hydrogens is 278 g/mol. The fourth-order valence-electron chi connectivity index (χ4n) is 2.47. The summed E-state index contributed by atoms with van der Waals surface area (Å²) in [6.45, 7) is 1.48. The highest BCUT2D eigenvalue weighted by Gasteiger charge is 2.30. The molecule has 1 aliphatic carbocycles. The fourth-order valence-corrected chi connectivity index (χ4v) is 2.57. The zero-order valence-corrected chi connectivity index (χ0v) is 12.1. The second-order valence-electron chi connectivity index (χ2n) is 5.55. The van der Waals surface area contributed by atoms with Crippen LogP contribution in [0.25, 0.3) is 0 Å². The van der Waals surface area contributed by atoms with Crippen LogP contribution in [0.2, 0.25) is 5.02 Å². The molecule has 1 amide bonds. The maximum absolute atomic E-state index is 12.1. The molecule has 0 aromatic carbocycles. The van der Waals surface area contributed by atoms with Crippen LogP contribution in [0.15, 0.2) is 12.4 Å². The molecule has 2 heterocycles. The molecule has 2 aliphatic rings. The molecule has 0 bridgehead atoms. The first-order chi connectivity index (χ1) is 9.70. The lowest BCUT2D eigenvalue weighted by Crippen LogP contribution is -2.44. The molecule has 1 aliphatic heterocycles. The van der Waals surface area contributed by atoms with Gasteiger partial charge >= 0.3 is 6.01 Å². The highest BCUT2D eigenvalue weighted by atomic mass is 35.5. The van der Waals surface area contributed by atoms with Gasteiger partial charge in [-0.2, -0.15) is 0 Å². The summed E-state index contributed by atoms with van der Waals surface area (Å²) in [7, 11) is 0. The number of likely N-dealkylation sites (tertiary alicyclic amines) is 1. The van der Waals surface area contributed by atoms with Crippen LogP contribution >= 0.6 is 11.6 Å². The Morgan fingerprint density at radius 3 is 2.80 bits per heavy atom. The van der Waals surface area contributed by atoms with E-state index >= 15 is 0 Å². The van der Waals surface area contributed by atoms with Crippen LogP contribution in [0.5, 0.6) is 6.01 Å². The fraction of sp³-hybridized carbons (Fsp3) is 0.643. The summed E-state index contributed by atoms with van der Waals surface area (Å²) >= 11 is 5.74. The summed E-state index contributed by atoms with van der Waals surface area (Å²) in [6.07, 6.45) is 8.02. The first-order valence-electron chi connectivity index (χ1n) is 7.12. The Balaban J connectivity index is 1.54. The van der Waals surface area contributed by atoms with Crippen molar-refractivity contribution in [2.45, 2.75) is 38.2 Å². The molecule has 1 saturated carbocycles. The van der Waals surface area contributed by atoms with Crippen LogP contribution in [-0.2, 0) is 4.79 Å². The topological polar surface area (TPSA) is 55.3 Å². The summed E-state index contributed by atoms with van der Waals surface area (Å²) < 4.78 is 5.74. The molecule has 5 nitrogen and oxygen atoms in total. The van der Waals surface area contributed by atoms with Gasteiger partial charge in [-0.15, -0.1) is 0 Å². The van der Waals surface area contributed by atoms with Crippen molar-refractivity contribution < 1.29 is 9.53 Å². The zero-order valence-electron chi connectivity index (χ0n) is 11.3. The van der Waals surface area contributed by atoms with E-state index in [-0.39, 0.29) is 12.0 Å². The molecule has 0 unspecified atom stereocenters. The van der Waals surface area contributed by atoms with Crippen LogP contribution in [0.1, 0.15) is 32.1 Å². The average molecular weight is 296 g/mol. The van der Waals surface area contributed by atoms with Gasteiger partial charge in [0, 0.05) is 13.0 Å². The third-order valence-corrected chi connectivity index (χ3v) is 3.95. The van der Waals surface area contributed by atoms with Gasteiger partial charge in [-0.3, -0.25) is 4.79 Å². The van der Waals surface area contributed by atoms with Crippen molar-refractivity contribution in [1.82, 2.24) is 14.9 Å². The van der Waals surface area contributed by atoms with E-state index in [0.29, 0.717) is 29.9 Å². The molecular formula is C14H18ClN3O2. The SMILES string of the molecule is O=C(CC1CC1)N1CCC[C@@H](Oc2ncc(Cl)cn2)C1. The lowest BCUT2D eigenvalue weighted by atomic mass is 10.1. The minimum Gasteiger partial charge on any atom is -0.458 e. The number of carbonyl (C=O) groups excluding carboxylic acids is 1. The Morgan fingerprint density at radius 1 is 1.35 bits per heavy atom.